The molecule has 110 valence electrons. The Kier molecular flexibility index (Phi) is 3.99. The fourth-order valence-electron chi connectivity index (χ4n) is 1.66. The Hall–Kier alpha value is -2.35. The maximum Gasteiger partial charge on any atom is 0.334 e. The largest absolute Gasteiger partial charge is 0.334 e. The fraction of sp³-hybridized carbons (Fsp3) is 0. The number of hydrogen-bond donors (Lipinski definition) is 1. The van der Waals surface area contributed by atoms with Crippen LogP contribution in [0.1, 0.15) is 10.4 Å². The van der Waals surface area contributed by atoms with Crippen molar-refractivity contribution in [1.82, 2.24) is 0 Å². The predicted octanol–water partition coefficient (Wildman–Crippen LogP) is 2.88. The van der Waals surface area contributed by atoms with Gasteiger partial charge in [-0.05, 0) is 24.3 Å². The number of carbonyl (C=O) groups excluding carboxylic acids is 1. The number of para-hydroxylation sites is 1. The molecule has 8 heteroatoms. The molecule has 0 aliphatic heterocycles. The molecule has 0 radical (unpaired) electrons. The molecule has 2 aromatic rings. The summed E-state index contributed by atoms with van der Waals surface area (Å²) in [5.74, 6) is -2.90. The Balaban J connectivity index is 2.37. The van der Waals surface area contributed by atoms with Crippen LogP contribution >= 0.6 is 0 Å². The minimum absolute atomic E-state index is 0.324. The maximum absolute atomic E-state index is 13.1. The molecule has 0 fully saturated rings. The molecular weight excluding hydrogens is 307 g/mol. The summed E-state index contributed by atoms with van der Waals surface area (Å²) < 4.78 is 61.0. The van der Waals surface area contributed by atoms with Crippen LogP contribution in [0.2, 0.25) is 0 Å². The van der Waals surface area contributed by atoms with Crippen molar-refractivity contribution in [1.29, 1.82) is 0 Å². The van der Waals surface area contributed by atoms with E-state index < -0.39 is 32.7 Å². The average molecular weight is 315 g/mol. The topological polar surface area (TPSA) is 63.2 Å². The Morgan fingerprint density at radius 2 is 1.57 bits per heavy atom. The summed E-state index contributed by atoms with van der Waals surface area (Å²) in [6, 6.07) is 6.87. The van der Waals surface area contributed by atoms with Gasteiger partial charge in [0.05, 0.1) is 5.69 Å². The van der Waals surface area contributed by atoms with Gasteiger partial charge in [-0.15, -0.1) is 3.89 Å². The summed E-state index contributed by atoms with van der Waals surface area (Å²) >= 11 is 0. The van der Waals surface area contributed by atoms with Crippen molar-refractivity contribution < 1.29 is 25.9 Å². The van der Waals surface area contributed by atoms with Gasteiger partial charge in [-0.1, -0.05) is 12.1 Å². The normalized spacial score (nSPS) is 11.2. The Morgan fingerprint density at radius 1 is 1.00 bits per heavy atom. The number of benzene rings is 2. The first-order valence-electron chi connectivity index (χ1n) is 5.58. The summed E-state index contributed by atoms with van der Waals surface area (Å²) in [7, 11) is -5.04. The zero-order chi connectivity index (χ0) is 15.6. The second-order valence-corrected chi connectivity index (χ2v) is 5.36. The van der Waals surface area contributed by atoms with Gasteiger partial charge in [0, 0.05) is 11.6 Å². The Bertz CT molecular complexity index is 786. The van der Waals surface area contributed by atoms with Gasteiger partial charge in [0.2, 0.25) is 0 Å². The maximum atomic E-state index is 13.1. The van der Waals surface area contributed by atoms with Crippen LogP contribution < -0.4 is 5.32 Å². The summed E-state index contributed by atoms with van der Waals surface area (Å²) in [6.07, 6.45) is 0. The van der Waals surface area contributed by atoms with Crippen molar-refractivity contribution in [2.45, 2.75) is 4.90 Å². The van der Waals surface area contributed by atoms with E-state index in [1.165, 1.54) is 12.1 Å². The number of nitrogens with one attached hydrogen (secondary N) is 1. The molecule has 0 aromatic heterocycles. The van der Waals surface area contributed by atoms with E-state index in [1.54, 1.807) is 0 Å². The monoisotopic (exact) mass is 315 g/mol. The summed E-state index contributed by atoms with van der Waals surface area (Å²) in [6.45, 7) is 0. The lowest BCUT2D eigenvalue weighted by atomic mass is 10.2. The van der Waals surface area contributed by atoms with Crippen molar-refractivity contribution in [3.8, 4) is 0 Å². The van der Waals surface area contributed by atoms with E-state index in [1.807, 2.05) is 0 Å². The second-order valence-electron chi connectivity index (χ2n) is 4.05. The van der Waals surface area contributed by atoms with E-state index in [0.29, 0.717) is 6.07 Å². The van der Waals surface area contributed by atoms with E-state index in [0.717, 1.165) is 24.3 Å². The number of hydrogen-bond acceptors (Lipinski definition) is 3. The molecule has 0 saturated carbocycles. The molecule has 0 aliphatic rings. The predicted molar refractivity (Wildman–Crippen MR) is 69.0 cm³/mol. The van der Waals surface area contributed by atoms with Crippen LogP contribution in [0.4, 0.5) is 18.4 Å². The number of carbonyl (C=O) groups is 1. The zero-order valence-corrected chi connectivity index (χ0v) is 11.1. The lowest BCUT2D eigenvalue weighted by molar-refractivity contribution is 0.102. The van der Waals surface area contributed by atoms with E-state index in [9.17, 15) is 25.9 Å². The molecule has 0 heterocycles. The Labute approximate surface area is 118 Å². The molecule has 0 aliphatic carbocycles. The third-order valence-electron chi connectivity index (χ3n) is 2.52. The first-order chi connectivity index (χ1) is 9.77. The van der Waals surface area contributed by atoms with Crippen LogP contribution in [0, 0.1) is 11.6 Å². The quantitative estimate of drug-likeness (QED) is 0.886. The first kappa shape index (κ1) is 15.0. The highest BCUT2D eigenvalue weighted by Gasteiger charge is 2.19. The minimum atomic E-state index is -5.04. The molecule has 1 amide bonds. The van der Waals surface area contributed by atoms with Crippen LogP contribution in [0.15, 0.2) is 47.4 Å². The molecule has 0 spiro atoms. The highest BCUT2D eigenvalue weighted by molar-refractivity contribution is 7.86. The lowest BCUT2D eigenvalue weighted by Crippen LogP contribution is -2.14. The Morgan fingerprint density at radius 3 is 2.14 bits per heavy atom. The van der Waals surface area contributed by atoms with E-state index in [-0.39, 0.29) is 11.3 Å². The molecule has 0 unspecified atom stereocenters. The SMILES string of the molecule is O=C(Nc1ccccc1S(=O)(=O)F)c1cc(F)cc(F)c1. The average Bonchev–Trinajstić information content (AvgIpc) is 2.37. The van der Waals surface area contributed by atoms with E-state index >= 15 is 0 Å². The standard InChI is InChI=1S/C13H8F3NO3S/c14-9-5-8(6-10(15)7-9)13(18)17-11-3-1-2-4-12(11)21(16,19)20/h1-7H,(H,17,18). The molecule has 1 N–H and O–H groups in total. The lowest BCUT2D eigenvalue weighted by Gasteiger charge is -2.08. The van der Waals surface area contributed by atoms with Crippen molar-refractivity contribution in [2.24, 2.45) is 0 Å². The van der Waals surface area contributed by atoms with Gasteiger partial charge in [-0.25, -0.2) is 8.78 Å². The van der Waals surface area contributed by atoms with Crippen LogP contribution in [0.3, 0.4) is 0 Å². The summed E-state index contributed by atoms with van der Waals surface area (Å²) in [5.41, 5.74) is -0.687. The van der Waals surface area contributed by atoms with Crippen LogP contribution in [-0.4, -0.2) is 14.3 Å². The third-order valence-corrected chi connectivity index (χ3v) is 3.40. The molecule has 0 bridgehead atoms. The van der Waals surface area contributed by atoms with Crippen LogP contribution in [-0.2, 0) is 10.2 Å². The third kappa shape index (κ3) is 3.60. The molecule has 0 saturated heterocycles. The molecular formula is C13H8F3NO3S. The van der Waals surface area contributed by atoms with Crippen molar-refractivity contribution in [3.05, 3.63) is 59.7 Å². The highest BCUT2D eigenvalue weighted by Crippen LogP contribution is 2.23. The van der Waals surface area contributed by atoms with Gasteiger partial charge >= 0.3 is 10.2 Å². The number of anilines is 1. The summed E-state index contributed by atoms with van der Waals surface area (Å²) in [4.78, 5) is 11.1. The van der Waals surface area contributed by atoms with E-state index in [2.05, 4.69) is 5.32 Å². The molecule has 4 nitrogen and oxygen atoms in total. The van der Waals surface area contributed by atoms with Gasteiger partial charge in [-0.2, -0.15) is 8.42 Å². The molecule has 2 aromatic carbocycles. The van der Waals surface area contributed by atoms with Crippen LogP contribution in [0.5, 0.6) is 0 Å². The first-order valence-corrected chi connectivity index (χ1v) is 6.97. The minimum Gasteiger partial charge on any atom is -0.321 e. The van der Waals surface area contributed by atoms with Crippen molar-refractivity contribution in [2.75, 3.05) is 5.32 Å². The van der Waals surface area contributed by atoms with Gasteiger partial charge in [0.15, 0.2) is 0 Å². The smallest absolute Gasteiger partial charge is 0.321 e. The molecule has 2 rings (SSSR count). The number of amides is 1. The fourth-order valence-corrected chi connectivity index (χ4v) is 2.28. The molecule has 0 atom stereocenters. The second kappa shape index (κ2) is 5.57. The van der Waals surface area contributed by atoms with Gasteiger partial charge in [0.1, 0.15) is 16.5 Å². The van der Waals surface area contributed by atoms with Crippen molar-refractivity contribution >= 4 is 21.8 Å². The van der Waals surface area contributed by atoms with E-state index in [4.69, 9.17) is 0 Å². The highest BCUT2D eigenvalue weighted by atomic mass is 32.3. The van der Waals surface area contributed by atoms with Gasteiger partial charge < -0.3 is 5.32 Å². The van der Waals surface area contributed by atoms with Crippen LogP contribution in [0.25, 0.3) is 0 Å². The molecule has 21 heavy (non-hydrogen) atoms. The zero-order valence-electron chi connectivity index (χ0n) is 10.3. The van der Waals surface area contributed by atoms with Gasteiger partial charge in [0.25, 0.3) is 5.91 Å². The van der Waals surface area contributed by atoms with Gasteiger partial charge in [-0.3, -0.25) is 4.79 Å². The number of halogens is 3. The summed E-state index contributed by atoms with van der Waals surface area (Å²) in [5, 5.41) is 2.10. The number of rotatable bonds is 3. The van der Waals surface area contributed by atoms with Crippen molar-refractivity contribution in [3.63, 3.8) is 0 Å².